The average Bonchev–Trinajstić information content (AvgIpc) is 3.10. The van der Waals surface area contributed by atoms with Crippen molar-refractivity contribution < 1.29 is 18.8 Å². The van der Waals surface area contributed by atoms with Crippen molar-refractivity contribution in [2.75, 3.05) is 6.54 Å². The highest BCUT2D eigenvalue weighted by Crippen LogP contribution is 2.21. The molecule has 3 N–H and O–H groups in total. The Morgan fingerprint density at radius 2 is 1.97 bits per heavy atom. The Morgan fingerprint density at radius 1 is 1.24 bits per heavy atom. The first-order valence-corrected chi connectivity index (χ1v) is 10.7. The number of carbonyl (C=O) groups is 3. The number of nitrogens with zero attached hydrogens (tertiary/aromatic N) is 3. The number of halogens is 2. The maximum atomic E-state index is 14.0. The Balaban J connectivity index is 1.73. The molecule has 0 spiro atoms. The molecule has 33 heavy (non-hydrogen) atoms. The first-order chi connectivity index (χ1) is 15.6. The van der Waals surface area contributed by atoms with Crippen LogP contribution in [0.3, 0.4) is 0 Å². The number of aryl methyl sites for hydroxylation is 1. The molecule has 0 aliphatic rings. The van der Waals surface area contributed by atoms with Gasteiger partial charge < -0.3 is 16.0 Å². The predicted molar refractivity (Wildman–Crippen MR) is 123 cm³/mol. The van der Waals surface area contributed by atoms with Gasteiger partial charge in [-0.25, -0.2) is 4.39 Å². The number of carbonyl (C=O) groups excluding carboxylic acids is 3. The van der Waals surface area contributed by atoms with Crippen molar-refractivity contribution >= 4 is 40.2 Å². The number of rotatable bonds is 8. The molecule has 0 saturated carbocycles. The van der Waals surface area contributed by atoms with Crippen molar-refractivity contribution in [2.45, 2.75) is 39.9 Å². The molecule has 0 radical (unpaired) electrons. The number of primary amides is 1. The van der Waals surface area contributed by atoms with Gasteiger partial charge in [0.25, 0.3) is 5.91 Å². The summed E-state index contributed by atoms with van der Waals surface area (Å²) in [7, 11) is 0. The van der Waals surface area contributed by atoms with Gasteiger partial charge in [0.2, 0.25) is 11.8 Å². The molecule has 1 aromatic heterocycles. The smallest absolute Gasteiger partial charge is 0.269 e. The number of hydrogen-bond acceptors (Lipinski definition) is 4. The Bertz CT molecular complexity index is 1220. The number of hydrogen-bond donors (Lipinski definition) is 2. The largest absolute Gasteiger partial charge is 0.364 e. The maximum absolute atomic E-state index is 14.0. The van der Waals surface area contributed by atoms with Crippen molar-refractivity contribution in [1.29, 1.82) is 0 Å². The van der Waals surface area contributed by atoms with Crippen LogP contribution in [0, 0.1) is 12.7 Å². The molecule has 8 nitrogen and oxygen atoms in total. The van der Waals surface area contributed by atoms with Crippen LogP contribution >= 0.6 is 11.6 Å². The molecular weight excluding hydrogens is 449 g/mol. The standard InChI is InChI=1S/C23H25ClFN5O3/c1-13(2)29(11-19(31)27-10-15-5-4-6-17(24)21(15)25)20(32)12-30-18-8-7-14(3)9-16(18)22(28-30)23(26)33/h4-9,13H,10-12H2,1-3H3,(H2,26,33)(H,27,31). The Labute approximate surface area is 195 Å². The van der Waals surface area contributed by atoms with Crippen molar-refractivity contribution in [1.82, 2.24) is 20.0 Å². The lowest BCUT2D eigenvalue weighted by atomic mass is 10.1. The molecule has 0 atom stereocenters. The van der Waals surface area contributed by atoms with Crippen LogP contribution in [0.2, 0.25) is 5.02 Å². The van der Waals surface area contributed by atoms with Gasteiger partial charge in [0.15, 0.2) is 5.69 Å². The molecular formula is C23H25ClFN5O3. The van der Waals surface area contributed by atoms with E-state index < -0.39 is 17.6 Å². The summed E-state index contributed by atoms with van der Waals surface area (Å²) in [5.74, 6) is -2.10. The van der Waals surface area contributed by atoms with E-state index in [1.54, 1.807) is 32.0 Å². The fraction of sp³-hybridized carbons (Fsp3) is 0.304. The van der Waals surface area contributed by atoms with Crippen LogP contribution in [0.5, 0.6) is 0 Å². The van der Waals surface area contributed by atoms with Crippen molar-refractivity contribution in [3.05, 3.63) is 64.1 Å². The molecule has 3 rings (SSSR count). The van der Waals surface area contributed by atoms with E-state index in [1.165, 1.54) is 21.7 Å². The molecule has 0 aliphatic carbocycles. The van der Waals surface area contributed by atoms with Crippen LogP contribution in [0.25, 0.3) is 10.9 Å². The van der Waals surface area contributed by atoms with E-state index in [2.05, 4.69) is 10.4 Å². The second-order valence-corrected chi connectivity index (χ2v) is 8.40. The molecule has 1 heterocycles. The molecule has 0 aliphatic heterocycles. The lowest BCUT2D eigenvalue weighted by Crippen LogP contribution is -2.45. The second kappa shape index (κ2) is 9.99. The predicted octanol–water partition coefficient (Wildman–Crippen LogP) is 2.79. The molecule has 174 valence electrons. The number of nitrogens with two attached hydrogens (primary N) is 1. The monoisotopic (exact) mass is 473 g/mol. The molecule has 3 aromatic rings. The van der Waals surface area contributed by atoms with Crippen molar-refractivity contribution in [3.8, 4) is 0 Å². The lowest BCUT2D eigenvalue weighted by Gasteiger charge is -2.26. The zero-order valence-electron chi connectivity index (χ0n) is 18.6. The minimum atomic E-state index is -0.690. The first-order valence-electron chi connectivity index (χ1n) is 10.3. The summed E-state index contributed by atoms with van der Waals surface area (Å²) in [4.78, 5) is 38.7. The number of aromatic nitrogens is 2. The van der Waals surface area contributed by atoms with Crippen LogP contribution in [-0.2, 0) is 22.7 Å². The van der Waals surface area contributed by atoms with E-state index >= 15 is 0 Å². The Morgan fingerprint density at radius 3 is 2.64 bits per heavy atom. The van der Waals surface area contributed by atoms with E-state index in [0.29, 0.717) is 10.9 Å². The molecule has 0 fully saturated rings. The Kier molecular flexibility index (Phi) is 7.33. The van der Waals surface area contributed by atoms with Crippen LogP contribution < -0.4 is 11.1 Å². The van der Waals surface area contributed by atoms with E-state index in [4.69, 9.17) is 17.3 Å². The third-order valence-corrected chi connectivity index (χ3v) is 5.48. The quantitative estimate of drug-likeness (QED) is 0.524. The topological polar surface area (TPSA) is 110 Å². The van der Waals surface area contributed by atoms with E-state index in [1.807, 2.05) is 13.0 Å². The zero-order valence-corrected chi connectivity index (χ0v) is 19.3. The zero-order chi connectivity index (χ0) is 24.3. The third-order valence-electron chi connectivity index (χ3n) is 5.19. The summed E-state index contributed by atoms with van der Waals surface area (Å²) < 4.78 is 15.4. The third kappa shape index (κ3) is 5.48. The minimum absolute atomic E-state index is 0.0299. The molecule has 0 saturated heterocycles. The number of nitrogens with one attached hydrogen (secondary N) is 1. The fourth-order valence-electron chi connectivity index (χ4n) is 3.46. The normalized spacial score (nSPS) is 11.1. The highest BCUT2D eigenvalue weighted by molar-refractivity contribution is 6.30. The summed E-state index contributed by atoms with van der Waals surface area (Å²) >= 11 is 5.77. The van der Waals surface area contributed by atoms with E-state index in [9.17, 15) is 18.8 Å². The van der Waals surface area contributed by atoms with Gasteiger partial charge in [-0.1, -0.05) is 35.4 Å². The van der Waals surface area contributed by atoms with Crippen LogP contribution in [0.4, 0.5) is 4.39 Å². The molecule has 0 bridgehead atoms. The van der Waals surface area contributed by atoms with Gasteiger partial charge >= 0.3 is 0 Å². The number of fused-ring (bicyclic) bond motifs is 1. The molecule has 0 unspecified atom stereocenters. The van der Waals surface area contributed by atoms with Crippen LogP contribution in [0.1, 0.15) is 35.5 Å². The SMILES string of the molecule is Cc1ccc2c(c1)c(C(N)=O)nn2CC(=O)N(CC(=O)NCc1cccc(Cl)c1F)C(C)C. The van der Waals surface area contributed by atoms with Gasteiger partial charge in [0, 0.05) is 23.5 Å². The van der Waals surface area contributed by atoms with Crippen molar-refractivity contribution in [2.24, 2.45) is 5.73 Å². The average molecular weight is 474 g/mol. The summed E-state index contributed by atoms with van der Waals surface area (Å²) in [6.07, 6.45) is 0. The minimum Gasteiger partial charge on any atom is -0.364 e. The lowest BCUT2D eigenvalue weighted by molar-refractivity contribution is -0.138. The van der Waals surface area contributed by atoms with Gasteiger partial charge in [-0.15, -0.1) is 0 Å². The van der Waals surface area contributed by atoms with E-state index in [0.717, 1.165) is 5.56 Å². The van der Waals surface area contributed by atoms with E-state index in [-0.39, 0.29) is 47.9 Å². The van der Waals surface area contributed by atoms with Gasteiger partial charge in [0.1, 0.15) is 12.4 Å². The number of benzene rings is 2. The summed E-state index contributed by atoms with van der Waals surface area (Å²) in [5, 5.41) is 7.37. The summed E-state index contributed by atoms with van der Waals surface area (Å²) in [5.41, 5.74) is 7.29. The van der Waals surface area contributed by atoms with Gasteiger partial charge in [-0.05, 0) is 39.0 Å². The molecule has 10 heteroatoms. The van der Waals surface area contributed by atoms with Crippen LogP contribution in [0.15, 0.2) is 36.4 Å². The fourth-order valence-corrected chi connectivity index (χ4v) is 3.66. The summed E-state index contributed by atoms with van der Waals surface area (Å²) in [6.45, 7) is 4.97. The van der Waals surface area contributed by atoms with Crippen LogP contribution in [-0.4, -0.2) is 45.0 Å². The Hall–Kier alpha value is -3.46. The summed E-state index contributed by atoms with van der Waals surface area (Å²) in [6, 6.07) is 9.64. The molecule has 2 aromatic carbocycles. The van der Waals surface area contributed by atoms with Gasteiger partial charge in [0.05, 0.1) is 17.1 Å². The molecule has 3 amide bonds. The van der Waals surface area contributed by atoms with Gasteiger partial charge in [-0.3, -0.25) is 19.1 Å². The second-order valence-electron chi connectivity index (χ2n) is 8.00. The highest BCUT2D eigenvalue weighted by Gasteiger charge is 2.23. The van der Waals surface area contributed by atoms with Gasteiger partial charge in [-0.2, -0.15) is 5.10 Å². The highest BCUT2D eigenvalue weighted by atomic mass is 35.5. The first kappa shape index (κ1) is 24.2. The number of amides is 3. The maximum Gasteiger partial charge on any atom is 0.269 e. The van der Waals surface area contributed by atoms with Crippen molar-refractivity contribution in [3.63, 3.8) is 0 Å².